The number of fused-ring (bicyclic) bond motifs is 1. The molecule has 0 aliphatic carbocycles. The van der Waals surface area contributed by atoms with E-state index in [0.717, 1.165) is 12.8 Å². The molecule has 1 aliphatic heterocycles. The van der Waals surface area contributed by atoms with Crippen molar-refractivity contribution in [1.29, 1.82) is 0 Å². The summed E-state index contributed by atoms with van der Waals surface area (Å²) in [5.74, 6) is -0.899. The summed E-state index contributed by atoms with van der Waals surface area (Å²) in [6.45, 7) is 1.26. The molecule has 1 fully saturated rings. The number of carboxylic acids is 1. The molecule has 0 spiro atoms. The molecule has 19 heavy (non-hydrogen) atoms. The van der Waals surface area contributed by atoms with Crippen LogP contribution in [0.15, 0.2) is 12.3 Å². The van der Waals surface area contributed by atoms with Gasteiger partial charge >= 0.3 is 5.97 Å². The lowest BCUT2D eigenvalue weighted by atomic mass is 9.93. The summed E-state index contributed by atoms with van der Waals surface area (Å²) in [5.41, 5.74) is 1.41. The van der Waals surface area contributed by atoms with Gasteiger partial charge in [0.2, 0.25) is 0 Å². The summed E-state index contributed by atoms with van der Waals surface area (Å²) in [4.78, 5) is 15.5. The van der Waals surface area contributed by atoms with Crippen molar-refractivity contribution in [2.45, 2.75) is 18.8 Å². The highest BCUT2D eigenvalue weighted by Crippen LogP contribution is 2.30. The molecule has 100 valence electrons. The van der Waals surface area contributed by atoms with Gasteiger partial charge < -0.3 is 9.84 Å². The van der Waals surface area contributed by atoms with Crippen molar-refractivity contribution in [2.24, 2.45) is 0 Å². The summed E-state index contributed by atoms with van der Waals surface area (Å²) in [7, 11) is 0. The van der Waals surface area contributed by atoms with Crippen molar-refractivity contribution >= 4 is 23.2 Å². The lowest BCUT2D eigenvalue weighted by molar-refractivity contribution is 0.0681. The molecule has 0 radical (unpaired) electrons. The van der Waals surface area contributed by atoms with E-state index >= 15 is 0 Å². The van der Waals surface area contributed by atoms with Crippen LogP contribution in [0.5, 0.6) is 0 Å². The molecule has 1 aliphatic rings. The molecular formula is C12H12ClN3O3. The molecule has 0 amide bonds. The Hall–Kier alpha value is -1.66. The third kappa shape index (κ3) is 2.17. The van der Waals surface area contributed by atoms with Crippen molar-refractivity contribution in [1.82, 2.24) is 14.6 Å². The number of hydrogen-bond donors (Lipinski definition) is 1. The van der Waals surface area contributed by atoms with Crippen LogP contribution in [-0.4, -0.2) is 38.9 Å². The van der Waals surface area contributed by atoms with Gasteiger partial charge in [0.05, 0.1) is 11.3 Å². The monoisotopic (exact) mass is 281 g/mol. The summed E-state index contributed by atoms with van der Waals surface area (Å²) < 4.78 is 6.86. The van der Waals surface area contributed by atoms with E-state index in [9.17, 15) is 9.90 Å². The van der Waals surface area contributed by atoms with Gasteiger partial charge in [-0.2, -0.15) is 5.10 Å². The quantitative estimate of drug-likeness (QED) is 0.911. The highest BCUT2D eigenvalue weighted by Gasteiger charge is 2.25. The van der Waals surface area contributed by atoms with Crippen LogP contribution in [0.3, 0.4) is 0 Å². The molecule has 0 unspecified atom stereocenters. The molecule has 1 saturated heterocycles. The average Bonchev–Trinajstić information content (AvgIpc) is 2.78. The maximum absolute atomic E-state index is 11.4. The molecule has 3 rings (SSSR count). The van der Waals surface area contributed by atoms with Crippen molar-refractivity contribution in [3.8, 4) is 0 Å². The summed E-state index contributed by atoms with van der Waals surface area (Å²) >= 11 is 5.88. The normalized spacial score (nSPS) is 16.9. The fourth-order valence-corrected chi connectivity index (χ4v) is 2.63. The van der Waals surface area contributed by atoms with Crippen LogP contribution in [0.25, 0.3) is 5.65 Å². The molecule has 0 atom stereocenters. The number of aromatic nitrogens is 3. The Bertz CT molecular complexity index is 634. The second-order valence-electron chi connectivity index (χ2n) is 4.49. The van der Waals surface area contributed by atoms with Crippen LogP contribution in [-0.2, 0) is 4.74 Å². The SMILES string of the molecule is O=C(O)c1cnc2cc(Cl)nn2c1C1CCOCC1. The van der Waals surface area contributed by atoms with Crippen LogP contribution >= 0.6 is 11.6 Å². The number of carbonyl (C=O) groups is 1. The molecule has 7 heteroatoms. The fourth-order valence-electron chi connectivity index (χ4n) is 2.45. The Labute approximate surface area is 114 Å². The second kappa shape index (κ2) is 4.79. The second-order valence-corrected chi connectivity index (χ2v) is 4.87. The number of nitrogens with zero attached hydrogens (tertiary/aromatic N) is 3. The van der Waals surface area contributed by atoms with Crippen LogP contribution in [0.2, 0.25) is 5.15 Å². The third-order valence-electron chi connectivity index (χ3n) is 3.33. The van der Waals surface area contributed by atoms with Crippen LogP contribution in [0.1, 0.15) is 34.8 Å². The fraction of sp³-hybridized carbons (Fsp3) is 0.417. The Kier molecular flexibility index (Phi) is 3.12. The van der Waals surface area contributed by atoms with Crippen molar-refractivity contribution < 1.29 is 14.6 Å². The average molecular weight is 282 g/mol. The molecule has 1 N–H and O–H groups in total. The molecule has 0 bridgehead atoms. The maximum atomic E-state index is 11.4. The number of hydrogen-bond acceptors (Lipinski definition) is 4. The molecule has 6 nitrogen and oxygen atoms in total. The lowest BCUT2D eigenvalue weighted by Gasteiger charge is -2.23. The molecule has 0 saturated carbocycles. The van der Waals surface area contributed by atoms with Gasteiger partial charge in [0.15, 0.2) is 10.8 Å². The minimum atomic E-state index is -0.998. The molecule has 2 aromatic rings. The predicted molar refractivity (Wildman–Crippen MR) is 67.8 cm³/mol. The summed E-state index contributed by atoms with van der Waals surface area (Å²) in [5, 5.41) is 13.8. The Balaban J connectivity index is 2.21. The van der Waals surface area contributed by atoms with E-state index in [-0.39, 0.29) is 11.5 Å². The standard InChI is InChI=1S/C12H12ClN3O3/c13-9-5-10-14-6-8(12(17)18)11(16(10)15-9)7-1-3-19-4-2-7/h5-7H,1-4H2,(H,17,18). The van der Waals surface area contributed by atoms with E-state index in [0.29, 0.717) is 29.7 Å². The van der Waals surface area contributed by atoms with Gasteiger partial charge in [-0.25, -0.2) is 14.3 Å². The first-order chi connectivity index (χ1) is 9.16. The van der Waals surface area contributed by atoms with E-state index in [2.05, 4.69) is 10.1 Å². The number of halogens is 1. The third-order valence-corrected chi connectivity index (χ3v) is 3.51. The van der Waals surface area contributed by atoms with Gasteiger partial charge in [-0.15, -0.1) is 0 Å². The number of ether oxygens (including phenoxy) is 1. The first-order valence-corrected chi connectivity index (χ1v) is 6.40. The number of carboxylic acid groups (broad SMARTS) is 1. The van der Waals surface area contributed by atoms with Crippen LogP contribution in [0, 0.1) is 0 Å². The molecule has 2 aromatic heterocycles. The first kappa shape index (κ1) is 12.4. The van der Waals surface area contributed by atoms with Crippen molar-refractivity contribution in [2.75, 3.05) is 13.2 Å². The highest BCUT2D eigenvalue weighted by molar-refractivity contribution is 6.29. The van der Waals surface area contributed by atoms with E-state index in [1.165, 1.54) is 6.20 Å². The predicted octanol–water partition coefficient (Wildman–Crippen LogP) is 1.97. The highest BCUT2D eigenvalue weighted by atomic mass is 35.5. The Morgan fingerprint density at radius 3 is 2.89 bits per heavy atom. The van der Waals surface area contributed by atoms with E-state index in [4.69, 9.17) is 16.3 Å². The van der Waals surface area contributed by atoms with E-state index < -0.39 is 5.97 Å². The van der Waals surface area contributed by atoms with Gasteiger partial charge in [0.25, 0.3) is 0 Å². The zero-order valence-electron chi connectivity index (χ0n) is 10.0. The smallest absolute Gasteiger partial charge is 0.339 e. The van der Waals surface area contributed by atoms with Gasteiger partial charge in [-0.3, -0.25) is 0 Å². The molecular weight excluding hydrogens is 270 g/mol. The maximum Gasteiger partial charge on any atom is 0.339 e. The van der Waals surface area contributed by atoms with E-state index in [1.54, 1.807) is 10.6 Å². The molecule has 3 heterocycles. The minimum Gasteiger partial charge on any atom is -0.478 e. The first-order valence-electron chi connectivity index (χ1n) is 6.02. The van der Waals surface area contributed by atoms with Crippen LogP contribution < -0.4 is 0 Å². The van der Waals surface area contributed by atoms with Crippen LogP contribution in [0.4, 0.5) is 0 Å². The minimum absolute atomic E-state index is 0.0984. The van der Waals surface area contributed by atoms with Gasteiger partial charge in [0, 0.05) is 31.4 Å². The zero-order valence-corrected chi connectivity index (χ0v) is 10.8. The number of rotatable bonds is 2. The van der Waals surface area contributed by atoms with Crippen molar-refractivity contribution in [3.63, 3.8) is 0 Å². The molecule has 0 aromatic carbocycles. The number of aromatic carboxylic acids is 1. The Morgan fingerprint density at radius 1 is 1.47 bits per heavy atom. The Morgan fingerprint density at radius 2 is 2.21 bits per heavy atom. The van der Waals surface area contributed by atoms with Crippen molar-refractivity contribution in [3.05, 3.63) is 28.7 Å². The van der Waals surface area contributed by atoms with Gasteiger partial charge in [-0.05, 0) is 12.8 Å². The van der Waals surface area contributed by atoms with Gasteiger partial charge in [-0.1, -0.05) is 11.6 Å². The topological polar surface area (TPSA) is 76.7 Å². The zero-order chi connectivity index (χ0) is 13.4. The van der Waals surface area contributed by atoms with E-state index in [1.807, 2.05) is 0 Å². The van der Waals surface area contributed by atoms with Gasteiger partial charge in [0.1, 0.15) is 0 Å². The largest absolute Gasteiger partial charge is 0.478 e. The lowest BCUT2D eigenvalue weighted by Crippen LogP contribution is -2.20. The summed E-state index contributed by atoms with van der Waals surface area (Å²) in [6, 6.07) is 1.62. The summed E-state index contributed by atoms with van der Waals surface area (Å²) in [6.07, 6.45) is 2.92.